The minimum absolute atomic E-state index is 0.194. The van der Waals surface area contributed by atoms with Crippen LogP contribution in [-0.4, -0.2) is 67.2 Å². The Bertz CT molecular complexity index is 398. The molecule has 0 aliphatic carbocycles. The highest BCUT2D eigenvalue weighted by atomic mass is 16.5. The van der Waals surface area contributed by atoms with Gasteiger partial charge in [-0.25, -0.2) is 9.59 Å². The Hall–Kier alpha value is -2.32. The fourth-order valence-electron chi connectivity index (χ4n) is 1.47. The van der Waals surface area contributed by atoms with Crippen LogP contribution in [0.25, 0.3) is 0 Å². The lowest BCUT2D eigenvalue weighted by atomic mass is 10.2. The Morgan fingerprint density at radius 3 is 2.33 bits per heavy atom. The molecule has 0 rings (SSSR count). The van der Waals surface area contributed by atoms with Gasteiger partial charge < -0.3 is 25.4 Å². The molecule has 21 heavy (non-hydrogen) atoms. The van der Waals surface area contributed by atoms with Gasteiger partial charge >= 0.3 is 18.0 Å². The summed E-state index contributed by atoms with van der Waals surface area (Å²) in [6, 6.07) is -2.13. The number of nitrogens with zero attached hydrogens (tertiary/aromatic N) is 1. The van der Waals surface area contributed by atoms with Gasteiger partial charge in [-0.3, -0.25) is 9.59 Å². The lowest BCUT2D eigenvalue weighted by Gasteiger charge is -2.23. The molecule has 0 aliphatic rings. The fraction of sp³-hybridized carbons (Fsp3) is 0.667. The second kappa shape index (κ2) is 9.56. The summed E-state index contributed by atoms with van der Waals surface area (Å²) in [6.45, 7) is 1.90. The highest BCUT2D eigenvalue weighted by Gasteiger charge is 2.26. The van der Waals surface area contributed by atoms with E-state index in [0.717, 1.165) is 7.11 Å². The zero-order valence-electron chi connectivity index (χ0n) is 12.3. The van der Waals surface area contributed by atoms with Gasteiger partial charge in [-0.2, -0.15) is 0 Å². The number of carbonyl (C=O) groups excluding carboxylic acids is 3. The van der Waals surface area contributed by atoms with Gasteiger partial charge in [0.1, 0.15) is 12.6 Å². The lowest BCUT2D eigenvalue weighted by Crippen LogP contribution is -2.51. The van der Waals surface area contributed by atoms with Crippen LogP contribution >= 0.6 is 0 Å². The average Bonchev–Trinajstić information content (AvgIpc) is 2.45. The second-order valence-electron chi connectivity index (χ2n) is 4.22. The van der Waals surface area contributed by atoms with Crippen molar-refractivity contribution in [1.82, 2.24) is 15.5 Å². The van der Waals surface area contributed by atoms with Gasteiger partial charge in [0.05, 0.1) is 13.5 Å². The third kappa shape index (κ3) is 7.14. The number of rotatable bonds is 8. The molecule has 0 spiro atoms. The van der Waals surface area contributed by atoms with E-state index in [1.54, 1.807) is 0 Å². The summed E-state index contributed by atoms with van der Waals surface area (Å²) in [7, 11) is 2.56. The van der Waals surface area contributed by atoms with Crippen molar-refractivity contribution in [3.63, 3.8) is 0 Å². The van der Waals surface area contributed by atoms with Crippen LogP contribution in [0.15, 0.2) is 0 Å². The van der Waals surface area contributed by atoms with Crippen molar-refractivity contribution in [2.24, 2.45) is 0 Å². The number of amides is 3. The number of carbonyl (C=O) groups is 4. The van der Waals surface area contributed by atoms with Crippen LogP contribution in [0.5, 0.6) is 0 Å². The van der Waals surface area contributed by atoms with Gasteiger partial charge in [0, 0.05) is 13.6 Å². The summed E-state index contributed by atoms with van der Waals surface area (Å²) in [4.78, 5) is 46.6. The van der Waals surface area contributed by atoms with E-state index in [1.165, 1.54) is 11.9 Å². The molecule has 1 atom stereocenters. The number of nitrogens with one attached hydrogen (secondary N) is 2. The van der Waals surface area contributed by atoms with Crippen LogP contribution in [0.1, 0.15) is 19.8 Å². The van der Waals surface area contributed by atoms with Gasteiger partial charge in [-0.05, 0) is 6.42 Å². The van der Waals surface area contributed by atoms with Crippen molar-refractivity contribution >= 4 is 23.9 Å². The average molecular weight is 303 g/mol. The number of likely N-dealkylation sites (N-methyl/N-ethyl adjacent to an activating group) is 1. The van der Waals surface area contributed by atoms with Crippen LogP contribution in [-0.2, 0) is 19.1 Å². The first-order chi connectivity index (χ1) is 9.85. The maximum atomic E-state index is 12.0. The summed E-state index contributed by atoms with van der Waals surface area (Å²) in [5.74, 6) is -2.49. The third-order valence-corrected chi connectivity index (χ3v) is 2.59. The smallest absolute Gasteiger partial charge is 0.326 e. The second-order valence-corrected chi connectivity index (χ2v) is 4.22. The molecule has 0 aromatic carbocycles. The molecule has 0 aromatic heterocycles. The first-order valence-electron chi connectivity index (χ1n) is 6.41. The maximum absolute atomic E-state index is 12.0. The number of carboxylic acid groups (broad SMARTS) is 1. The first kappa shape index (κ1) is 18.7. The monoisotopic (exact) mass is 303 g/mol. The number of hydrogen-bond donors (Lipinski definition) is 3. The van der Waals surface area contributed by atoms with E-state index < -0.39 is 30.4 Å². The minimum atomic E-state index is -1.41. The largest absolute Gasteiger partial charge is 0.480 e. The van der Waals surface area contributed by atoms with E-state index in [4.69, 9.17) is 5.11 Å². The molecule has 0 fully saturated rings. The number of hydrogen-bond acceptors (Lipinski definition) is 5. The summed E-state index contributed by atoms with van der Waals surface area (Å²) >= 11 is 0. The zero-order valence-corrected chi connectivity index (χ0v) is 12.3. The molecular weight excluding hydrogens is 282 g/mol. The van der Waals surface area contributed by atoms with E-state index >= 15 is 0 Å². The van der Waals surface area contributed by atoms with Crippen molar-refractivity contribution in [3.8, 4) is 0 Å². The molecule has 3 amide bonds. The van der Waals surface area contributed by atoms with Gasteiger partial charge in [-0.1, -0.05) is 6.92 Å². The van der Waals surface area contributed by atoms with Crippen LogP contribution in [0.2, 0.25) is 0 Å². The van der Waals surface area contributed by atoms with Gasteiger partial charge in [0.25, 0.3) is 0 Å². The molecule has 3 N–H and O–H groups in total. The molecule has 0 heterocycles. The molecule has 9 nitrogen and oxygen atoms in total. The Balaban J connectivity index is 4.78. The highest BCUT2D eigenvalue weighted by molar-refractivity contribution is 5.88. The standard InChI is InChI=1S/C12H21N3O6/c1-4-5-15(7-9(16)13-2)12(20)14-8(11(18)19)6-10(17)21-3/h8H,4-7H2,1-3H3,(H,13,16)(H,14,20)(H,18,19)/t8-/m0/s1. The fourth-order valence-corrected chi connectivity index (χ4v) is 1.47. The number of aliphatic carboxylic acids is 1. The molecule has 0 bridgehead atoms. The Morgan fingerprint density at radius 1 is 1.29 bits per heavy atom. The molecule has 0 radical (unpaired) electrons. The zero-order chi connectivity index (χ0) is 16.4. The Kier molecular flexibility index (Phi) is 8.51. The first-order valence-corrected chi connectivity index (χ1v) is 6.41. The SMILES string of the molecule is CCCN(CC(=O)NC)C(=O)N[C@@H](CC(=O)OC)C(=O)O. The Labute approximate surface area is 122 Å². The topological polar surface area (TPSA) is 125 Å². The van der Waals surface area contributed by atoms with Crippen molar-refractivity contribution in [2.75, 3.05) is 27.2 Å². The number of ether oxygens (including phenoxy) is 1. The molecule has 9 heteroatoms. The minimum Gasteiger partial charge on any atom is -0.480 e. The lowest BCUT2D eigenvalue weighted by molar-refractivity contribution is -0.147. The van der Waals surface area contributed by atoms with Crippen LogP contribution in [0, 0.1) is 0 Å². The van der Waals surface area contributed by atoms with Crippen LogP contribution < -0.4 is 10.6 Å². The number of methoxy groups -OCH3 is 1. The summed E-state index contributed by atoms with van der Waals surface area (Å²) < 4.78 is 4.37. The van der Waals surface area contributed by atoms with Crippen molar-refractivity contribution in [1.29, 1.82) is 0 Å². The van der Waals surface area contributed by atoms with Gasteiger partial charge in [0.15, 0.2) is 0 Å². The molecular formula is C12H21N3O6. The molecule has 0 saturated carbocycles. The highest BCUT2D eigenvalue weighted by Crippen LogP contribution is 1.99. The number of esters is 1. The summed E-state index contributed by atoms with van der Waals surface area (Å²) in [5.41, 5.74) is 0. The molecule has 0 aliphatic heterocycles. The molecule has 0 unspecified atom stereocenters. The molecule has 0 aromatic rings. The van der Waals surface area contributed by atoms with E-state index in [1.807, 2.05) is 6.92 Å². The maximum Gasteiger partial charge on any atom is 0.326 e. The summed E-state index contributed by atoms with van der Waals surface area (Å²) in [6.07, 6.45) is 0.108. The number of urea groups is 1. The Morgan fingerprint density at radius 2 is 1.90 bits per heavy atom. The summed E-state index contributed by atoms with van der Waals surface area (Å²) in [5, 5.41) is 13.6. The molecule has 0 saturated heterocycles. The normalized spacial score (nSPS) is 11.2. The van der Waals surface area contributed by atoms with E-state index in [9.17, 15) is 19.2 Å². The van der Waals surface area contributed by atoms with Crippen LogP contribution in [0.4, 0.5) is 4.79 Å². The predicted molar refractivity (Wildman–Crippen MR) is 72.5 cm³/mol. The van der Waals surface area contributed by atoms with E-state index in [0.29, 0.717) is 6.42 Å². The van der Waals surface area contributed by atoms with Crippen molar-refractivity contribution in [3.05, 3.63) is 0 Å². The van der Waals surface area contributed by atoms with E-state index in [-0.39, 0.29) is 19.0 Å². The predicted octanol–water partition coefficient (Wildman–Crippen LogP) is -0.830. The van der Waals surface area contributed by atoms with Crippen molar-refractivity contribution < 1.29 is 29.0 Å². The van der Waals surface area contributed by atoms with Gasteiger partial charge in [0.2, 0.25) is 5.91 Å². The van der Waals surface area contributed by atoms with Crippen LogP contribution in [0.3, 0.4) is 0 Å². The van der Waals surface area contributed by atoms with Crippen molar-refractivity contribution in [2.45, 2.75) is 25.8 Å². The quantitative estimate of drug-likeness (QED) is 0.503. The number of carboxylic acids is 1. The van der Waals surface area contributed by atoms with E-state index in [2.05, 4.69) is 15.4 Å². The van der Waals surface area contributed by atoms with Gasteiger partial charge in [-0.15, -0.1) is 0 Å². The molecule has 120 valence electrons. The third-order valence-electron chi connectivity index (χ3n) is 2.59.